The van der Waals surface area contributed by atoms with Gasteiger partial charge in [0.2, 0.25) is 0 Å². The minimum atomic E-state index is 0.517. The second-order valence-electron chi connectivity index (χ2n) is 4.09. The second kappa shape index (κ2) is 6.34. The van der Waals surface area contributed by atoms with Crippen LogP contribution in [0.2, 0.25) is 5.02 Å². The minimum Gasteiger partial charge on any atom is -0.396 e. The maximum absolute atomic E-state index is 5.85. The first-order valence-electron chi connectivity index (χ1n) is 6.09. The molecule has 0 spiro atoms. The number of oxime groups is 1. The Morgan fingerprint density at radius 1 is 1.21 bits per heavy atom. The van der Waals surface area contributed by atoms with Crippen molar-refractivity contribution in [3.63, 3.8) is 0 Å². The van der Waals surface area contributed by atoms with E-state index in [2.05, 4.69) is 10.1 Å². The number of nitrogens with zero attached hydrogens (tertiary/aromatic N) is 2. The van der Waals surface area contributed by atoms with Crippen molar-refractivity contribution in [1.29, 1.82) is 0 Å². The SMILES string of the molecule is CCO/N=C(/c1ccc(C)cc1)c1ccc(Cl)cn1. The molecule has 98 valence electrons. The van der Waals surface area contributed by atoms with Gasteiger partial charge >= 0.3 is 0 Å². The molecule has 0 saturated carbocycles. The van der Waals surface area contributed by atoms with Crippen LogP contribution in [0.25, 0.3) is 0 Å². The molecule has 0 N–H and O–H groups in total. The average Bonchev–Trinajstić information content (AvgIpc) is 2.43. The van der Waals surface area contributed by atoms with Crippen molar-refractivity contribution in [2.45, 2.75) is 13.8 Å². The van der Waals surface area contributed by atoms with Gasteiger partial charge in [0.1, 0.15) is 12.3 Å². The molecule has 1 aromatic carbocycles. The minimum absolute atomic E-state index is 0.517. The Labute approximate surface area is 117 Å². The summed E-state index contributed by atoms with van der Waals surface area (Å²) in [6.45, 7) is 4.46. The maximum atomic E-state index is 5.85. The molecule has 1 heterocycles. The van der Waals surface area contributed by atoms with Crippen LogP contribution in [0.3, 0.4) is 0 Å². The topological polar surface area (TPSA) is 34.5 Å². The zero-order valence-corrected chi connectivity index (χ0v) is 11.7. The van der Waals surface area contributed by atoms with Gasteiger partial charge in [0.15, 0.2) is 0 Å². The van der Waals surface area contributed by atoms with Gasteiger partial charge in [0, 0.05) is 11.8 Å². The first-order chi connectivity index (χ1) is 9.20. The molecular weight excluding hydrogens is 260 g/mol. The van der Waals surface area contributed by atoms with Gasteiger partial charge < -0.3 is 4.84 Å². The molecule has 2 aromatic rings. The summed E-state index contributed by atoms with van der Waals surface area (Å²) in [5, 5.41) is 4.75. The van der Waals surface area contributed by atoms with Crippen molar-refractivity contribution in [1.82, 2.24) is 4.98 Å². The fourth-order valence-corrected chi connectivity index (χ4v) is 1.72. The first-order valence-corrected chi connectivity index (χ1v) is 6.47. The standard InChI is InChI=1S/C15H15ClN2O/c1-3-19-18-15(12-6-4-11(2)5-7-12)14-9-8-13(16)10-17-14/h4-10H,3H2,1-2H3/b18-15-. The van der Waals surface area contributed by atoms with E-state index in [1.54, 1.807) is 12.3 Å². The summed E-state index contributed by atoms with van der Waals surface area (Å²) >= 11 is 5.85. The fourth-order valence-electron chi connectivity index (χ4n) is 1.60. The molecule has 0 aliphatic heterocycles. The molecule has 0 bridgehead atoms. The zero-order chi connectivity index (χ0) is 13.7. The van der Waals surface area contributed by atoms with Crippen LogP contribution in [0.5, 0.6) is 0 Å². The van der Waals surface area contributed by atoms with Crippen molar-refractivity contribution in [3.8, 4) is 0 Å². The molecule has 0 unspecified atom stereocenters. The highest BCUT2D eigenvalue weighted by Gasteiger charge is 2.09. The van der Waals surface area contributed by atoms with E-state index in [-0.39, 0.29) is 0 Å². The molecule has 2 rings (SSSR count). The van der Waals surface area contributed by atoms with E-state index in [0.717, 1.165) is 11.3 Å². The monoisotopic (exact) mass is 274 g/mol. The van der Waals surface area contributed by atoms with Crippen molar-refractivity contribution >= 4 is 17.3 Å². The largest absolute Gasteiger partial charge is 0.396 e. The Kier molecular flexibility index (Phi) is 4.53. The van der Waals surface area contributed by atoms with Crippen LogP contribution < -0.4 is 0 Å². The number of halogens is 1. The second-order valence-corrected chi connectivity index (χ2v) is 4.52. The highest BCUT2D eigenvalue weighted by atomic mass is 35.5. The molecule has 4 heteroatoms. The molecule has 0 radical (unpaired) electrons. The van der Waals surface area contributed by atoms with Gasteiger partial charge in [0.25, 0.3) is 0 Å². The van der Waals surface area contributed by atoms with E-state index in [9.17, 15) is 0 Å². The summed E-state index contributed by atoms with van der Waals surface area (Å²) in [5.74, 6) is 0. The smallest absolute Gasteiger partial charge is 0.135 e. The molecule has 0 saturated heterocycles. The van der Waals surface area contributed by atoms with Crippen molar-refractivity contribution in [2.24, 2.45) is 5.16 Å². The van der Waals surface area contributed by atoms with Gasteiger partial charge in [-0.05, 0) is 26.0 Å². The van der Waals surface area contributed by atoms with Gasteiger partial charge in [-0.3, -0.25) is 4.98 Å². The van der Waals surface area contributed by atoms with Crippen LogP contribution in [-0.2, 0) is 4.84 Å². The van der Waals surface area contributed by atoms with Crippen molar-refractivity contribution in [3.05, 3.63) is 64.4 Å². The summed E-state index contributed by atoms with van der Waals surface area (Å²) in [5.41, 5.74) is 3.61. The molecule has 0 aliphatic rings. The van der Waals surface area contributed by atoms with Gasteiger partial charge in [-0.15, -0.1) is 0 Å². The summed E-state index contributed by atoms with van der Waals surface area (Å²) in [7, 11) is 0. The van der Waals surface area contributed by atoms with Gasteiger partial charge in [-0.25, -0.2) is 0 Å². The third-order valence-corrected chi connectivity index (χ3v) is 2.80. The van der Waals surface area contributed by atoms with E-state index in [0.29, 0.717) is 17.3 Å². The van der Waals surface area contributed by atoms with Crippen molar-refractivity contribution < 1.29 is 4.84 Å². The predicted molar refractivity (Wildman–Crippen MR) is 77.7 cm³/mol. The number of rotatable bonds is 4. The lowest BCUT2D eigenvalue weighted by molar-refractivity contribution is 0.159. The van der Waals surface area contributed by atoms with Crippen LogP contribution in [0.15, 0.2) is 47.8 Å². The lowest BCUT2D eigenvalue weighted by Gasteiger charge is -2.06. The summed E-state index contributed by atoms with van der Waals surface area (Å²) in [6, 6.07) is 11.7. The molecule has 0 aliphatic carbocycles. The Morgan fingerprint density at radius 3 is 2.53 bits per heavy atom. The molecule has 19 heavy (non-hydrogen) atoms. The van der Waals surface area contributed by atoms with Crippen LogP contribution in [0.4, 0.5) is 0 Å². The lowest BCUT2D eigenvalue weighted by atomic mass is 10.1. The normalized spacial score (nSPS) is 11.4. The molecule has 0 amide bonds. The van der Waals surface area contributed by atoms with Gasteiger partial charge in [-0.1, -0.05) is 46.6 Å². The summed E-state index contributed by atoms with van der Waals surface area (Å²) < 4.78 is 0. The van der Waals surface area contributed by atoms with Crippen LogP contribution in [-0.4, -0.2) is 17.3 Å². The number of pyridine rings is 1. The fraction of sp³-hybridized carbons (Fsp3) is 0.200. The Bertz CT molecular complexity index is 514. The highest BCUT2D eigenvalue weighted by Crippen LogP contribution is 2.13. The Hall–Kier alpha value is -1.87. The summed E-state index contributed by atoms with van der Waals surface area (Å²) in [6.07, 6.45) is 1.60. The van der Waals surface area contributed by atoms with Crippen LogP contribution in [0, 0.1) is 6.92 Å². The third-order valence-electron chi connectivity index (χ3n) is 2.58. The Balaban J connectivity index is 2.41. The van der Waals surface area contributed by atoms with Crippen LogP contribution >= 0.6 is 11.6 Å². The van der Waals surface area contributed by atoms with E-state index in [1.165, 1.54) is 5.56 Å². The zero-order valence-electron chi connectivity index (χ0n) is 10.9. The van der Waals surface area contributed by atoms with Crippen LogP contribution in [0.1, 0.15) is 23.7 Å². The van der Waals surface area contributed by atoms with Gasteiger partial charge in [0.05, 0.1) is 10.7 Å². The summed E-state index contributed by atoms with van der Waals surface area (Å²) in [4.78, 5) is 9.47. The number of hydrogen-bond acceptors (Lipinski definition) is 3. The average molecular weight is 275 g/mol. The molecule has 1 aromatic heterocycles. The molecular formula is C15H15ClN2O. The number of hydrogen-bond donors (Lipinski definition) is 0. The quantitative estimate of drug-likeness (QED) is 0.627. The Morgan fingerprint density at radius 2 is 1.95 bits per heavy atom. The third kappa shape index (κ3) is 3.55. The molecule has 0 fully saturated rings. The molecule has 0 atom stereocenters. The molecule has 3 nitrogen and oxygen atoms in total. The maximum Gasteiger partial charge on any atom is 0.135 e. The van der Waals surface area contributed by atoms with E-state index < -0.39 is 0 Å². The lowest BCUT2D eigenvalue weighted by Crippen LogP contribution is -2.06. The number of benzene rings is 1. The van der Waals surface area contributed by atoms with E-state index in [4.69, 9.17) is 16.4 Å². The number of aryl methyl sites for hydroxylation is 1. The highest BCUT2D eigenvalue weighted by molar-refractivity contribution is 6.30. The van der Waals surface area contributed by atoms with E-state index in [1.807, 2.05) is 44.2 Å². The van der Waals surface area contributed by atoms with Crippen molar-refractivity contribution in [2.75, 3.05) is 6.61 Å². The first kappa shape index (κ1) is 13.6. The van der Waals surface area contributed by atoms with Gasteiger partial charge in [-0.2, -0.15) is 0 Å². The van der Waals surface area contributed by atoms with E-state index >= 15 is 0 Å². The number of aromatic nitrogens is 1. The predicted octanol–water partition coefficient (Wildman–Crippen LogP) is 3.83.